The molecule has 2 aromatic carbocycles. The van der Waals surface area contributed by atoms with Crippen LogP contribution in [0, 0.1) is 5.92 Å². The summed E-state index contributed by atoms with van der Waals surface area (Å²) in [5, 5.41) is 12.5. The van der Waals surface area contributed by atoms with Crippen LogP contribution < -0.4 is 10.1 Å². The van der Waals surface area contributed by atoms with E-state index in [0.29, 0.717) is 13.0 Å². The smallest absolute Gasteiger partial charge is 0.308 e. The normalized spacial score (nSPS) is 20.7. The van der Waals surface area contributed by atoms with Gasteiger partial charge in [0.1, 0.15) is 12.4 Å². The molecule has 1 saturated heterocycles. The third kappa shape index (κ3) is 3.28. The Kier molecular flexibility index (Phi) is 4.39. The summed E-state index contributed by atoms with van der Waals surface area (Å²) < 4.78 is 5.75. The maximum absolute atomic E-state index is 11.2. The van der Waals surface area contributed by atoms with Crippen molar-refractivity contribution in [2.75, 3.05) is 6.54 Å². The summed E-state index contributed by atoms with van der Waals surface area (Å²) in [5.41, 5.74) is 2.12. The van der Waals surface area contributed by atoms with Crippen LogP contribution in [-0.4, -0.2) is 17.6 Å². The summed E-state index contributed by atoms with van der Waals surface area (Å²) in [6, 6.07) is 17.6. The number of aliphatic carboxylic acids is 1. The van der Waals surface area contributed by atoms with Gasteiger partial charge < -0.3 is 15.2 Å². The molecule has 1 aliphatic rings. The summed E-state index contributed by atoms with van der Waals surface area (Å²) in [4.78, 5) is 11.2. The summed E-state index contributed by atoms with van der Waals surface area (Å²) in [6.45, 7) is 1.27. The van der Waals surface area contributed by atoms with Gasteiger partial charge in [-0.3, -0.25) is 4.79 Å². The molecule has 4 heteroatoms. The van der Waals surface area contributed by atoms with Gasteiger partial charge in [-0.05, 0) is 36.2 Å². The Morgan fingerprint density at radius 3 is 2.55 bits per heavy atom. The molecule has 0 saturated carbocycles. The lowest BCUT2D eigenvalue weighted by Gasteiger charge is -2.17. The highest BCUT2D eigenvalue weighted by atomic mass is 16.5. The van der Waals surface area contributed by atoms with Crippen LogP contribution in [0.5, 0.6) is 5.75 Å². The first-order chi connectivity index (χ1) is 10.7. The van der Waals surface area contributed by atoms with E-state index in [9.17, 15) is 9.90 Å². The largest absolute Gasteiger partial charge is 0.489 e. The molecule has 4 nitrogen and oxygen atoms in total. The molecular weight excluding hydrogens is 278 g/mol. The predicted molar refractivity (Wildman–Crippen MR) is 83.7 cm³/mol. The number of rotatable bonds is 5. The van der Waals surface area contributed by atoms with Crippen molar-refractivity contribution in [3.8, 4) is 5.75 Å². The van der Waals surface area contributed by atoms with Crippen LogP contribution in [-0.2, 0) is 11.4 Å². The molecule has 2 aromatic rings. The lowest BCUT2D eigenvalue weighted by molar-refractivity contribution is -0.142. The van der Waals surface area contributed by atoms with Gasteiger partial charge in [-0.15, -0.1) is 0 Å². The fourth-order valence-corrected chi connectivity index (χ4v) is 2.83. The second kappa shape index (κ2) is 6.62. The van der Waals surface area contributed by atoms with Gasteiger partial charge in [0.15, 0.2) is 0 Å². The fraction of sp³-hybridized carbons (Fsp3) is 0.278. The van der Waals surface area contributed by atoms with Gasteiger partial charge in [0.25, 0.3) is 0 Å². The highest BCUT2D eigenvalue weighted by molar-refractivity contribution is 5.71. The molecule has 0 bridgehead atoms. The number of hydrogen-bond donors (Lipinski definition) is 2. The van der Waals surface area contributed by atoms with E-state index in [2.05, 4.69) is 5.32 Å². The highest BCUT2D eigenvalue weighted by Crippen LogP contribution is 2.30. The molecule has 1 fully saturated rings. The molecule has 0 aromatic heterocycles. The Labute approximate surface area is 129 Å². The third-order valence-corrected chi connectivity index (χ3v) is 4.03. The monoisotopic (exact) mass is 297 g/mol. The van der Waals surface area contributed by atoms with Gasteiger partial charge in [-0.1, -0.05) is 42.5 Å². The number of carboxylic acids is 1. The van der Waals surface area contributed by atoms with E-state index in [0.717, 1.165) is 23.4 Å². The van der Waals surface area contributed by atoms with Crippen LogP contribution in [0.25, 0.3) is 0 Å². The Hall–Kier alpha value is -2.33. The average molecular weight is 297 g/mol. The average Bonchev–Trinajstić information content (AvgIpc) is 3.04. The van der Waals surface area contributed by atoms with Crippen molar-refractivity contribution < 1.29 is 14.6 Å². The van der Waals surface area contributed by atoms with Crippen molar-refractivity contribution >= 4 is 5.97 Å². The molecular formula is C18H19NO3. The summed E-state index contributed by atoms with van der Waals surface area (Å²) in [6.07, 6.45) is 0.673. The maximum atomic E-state index is 11.2. The fourth-order valence-electron chi connectivity index (χ4n) is 2.83. The van der Waals surface area contributed by atoms with Gasteiger partial charge in [0, 0.05) is 6.04 Å². The second-order valence-corrected chi connectivity index (χ2v) is 5.51. The zero-order valence-electron chi connectivity index (χ0n) is 12.2. The summed E-state index contributed by atoms with van der Waals surface area (Å²) >= 11 is 0. The minimum absolute atomic E-state index is 0.110. The molecule has 0 aliphatic carbocycles. The summed E-state index contributed by atoms with van der Waals surface area (Å²) in [5.74, 6) is -0.298. The molecule has 2 unspecified atom stereocenters. The van der Waals surface area contributed by atoms with E-state index < -0.39 is 5.97 Å². The van der Waals surface area contributed by atoms with E-state index in [1.807, 2.05) is 54.6 Å². The first kappa shape index (κ1) is 14.6. The van der Waals surface area contributed by atoms with Crippen molar-refractivity contribution in [1.82, 2.24) is 5.32 Å². The molecule has 0 spiro atoms. The van der Waals surface area contributed by atoms with Crippen LogP contribution in [0.15, 0.2) is 54.6 Å². The van der Waals surface area contributed by atoms with Gasteiger partial charge in [-0.25, -0.2) is 0 Å². The molecule has 1 heterocycles. The van der Waals surface area contributed by atoms with Gasteiger partial charge in [0.05, 0.1) is 5.92 Å². The van der Waals surface area contributed by atoms with E-state index >= 15 is 0 Å². The number of carboxylic acid groups (broad SMARTS) is 1. The highest BCUT2D eigenvalue weighted by Gasteiger charge is 2.33. The van der Waals surface area contributed by atoms with E-state index in [4.69, 9.17) is 4.74 Å². The van der Waals surface area contributed by atoms with Crippen LogP contribution in [0.2, 0.25) is 0 Å². The first-order valence-corrected chi connectivity index (χ1v) is 7.47. The van der Waals surface area contributed by atoms with Crippen LogP contribution >= 0.6 is 0 Å². The molecule has 1 aliphatic heterocycles. The van der Waals surface area contributed by atoms with Crippen molar-refractivity contribution in [3.05, 3.63) is 65.7 Å². The lowest BCUT2D eigenvalue weighted by Crippen LogP contribution is -2.23. The molecule has 2 N–H and O–H groups in total. The van der Waals surface area contributed by atoms with Crippen molar-refractivity contribution in [1.29, 1.82) is 0 Å². The van der Waals surface area contributed by atoms with Gasteiger partial charge >= 0.3 is 5.97 Å². The molecule has 0 radical (unpaired) electrons. The van der Waals surface area contributed by atoms with Crippen LogP contribution in [0.1, 0.15) is 23.6 Å². The predicted octanol–water partition coefficient (Wildman–Crippen LogP) is 3.00. The SMILES string of the molecule is O=C(O)C1CCNC1c1ccc(OCc2ccccc2)cc1. The van der Waals surface area contributed by atoms with Gasteiger partial charge in [-0.2, -0.15) is 0 Å². The topological polar surface area (TPSA) is 58.6 Å². The van der Waals surface area contributed by atoms with Crippen molar-refractivity contribution in [2.24, 2.45) is 5.92 Å². The van der Waals surface area contributed by atoms with E-state index in [1.54, 1.807) is 0 Å². The number of ether oxygens (including phenoxy) is 1. The molecule has 2 atom stereocenters. The van der Waals surface area contributed by atoms with Crippen molar-refractivity contribution in [3.63, 3.8) is 0 Å². The van der Waals surface area contributed by atoms with Crippen molar-refractivity contribution in [2.45, 2.75) is 19.1 Å². The Morgan fingerprint density at radius 1 is 1.14 bits per heavy atom. The Balaban J connectivity index is 1.64. The Bertz CT molecular complexity index is 625. The quantitative estimate of drug-likeness (QED) is 0.890. The number of carbonyl (C=O) groups is 1. The van der Waals surface area contributed by atoms with Crippen LogP contribution in [0.4, 0.5) is 0 Å². The third-order valence-electron chi connectivity index (χ3n) is 4.03. The number of hydrogen-bond acceptors (Lipinski definition) is 3. The van der Waals surface area contributed by atoms with Gasteiger partial charge in [0.2, 0.25) is 0 Å². The summed E-state index contributed by atoms with van der Waals surface area (Å²) in [7, 11) is 0. The molecule has 114 valence electrons. The minimum Gasteiger partial charge on any atom is -0.489 e. The lowest BCUT2D eigenvalue weighted by atomic mass is 9.94. The first-order valence-electron chi connectivity index (χ1n) is 7.47. The molecule has 0 amide bonds. The van der Waals surface area contributed by atoms with E-state index in [-0.39, 0.29) is 12.0 Å². The zero-order chi connectivity index (χ0) is 15.4. The maximum Gasteiger partial charge on any atom is 0.308 e. The minimum atomic E-state index is -0.737. The van der Waals surface area contributed by atoms with Crippen LogP contribution in [0.3, 0.4) is 0 Å². The number of nitrogens with one attached hydrogen (secondary N) is 1. The standard InChI is InChI=1S/C18H19NO3/c20-18(21)16-10-11-19-17(16)14-6-8-15(9-7-14)22-12-13-4-2-1-3-5-13/h1-9,16-17,19H,10-12H2,(H,20,21). The van der Waals surface area contributed by atoms with E-state index in [1.165, 1.54) is 0 Å². The second-order valence-electron chi connectivity index (χ2n) is 5.51. The Morgan fingerprint density at radius 2 is 1.86 bits per heavy atom. The molecule has 22 heavy (non-hydrogen) atoms. The zero-order valence-corrected chi connectivity index (χ0v) is 12.2. The number of benzene rings is 2. The molecule has 3 rings (SSSR count).